The first-order valence-electron chi connectivity index (χ1n) is 10.6. The Morgan fingerprint density at radius 1 is 0.844 bits per heavy atom. The van der Waals surface area contributed by atoms with Crippen LogP contribution in [0.5, 0.6) is 0 Å². The van der Waals surface area contributed by atoms with Gasteiger partial charge in [-0.2, -0.15) is 0 Å². The molecular formula is C26H23BrN2O3. The van der Waals surface area contributed by atoms with Gasteiger partial charge in [-0.3, -0.25) is 19.3 Å². The van der Waals surface area contributed by atoms with E-state index < -0.39 is 0 Å². The second-order valence-corrected chi connectivity index (χ2v) is 8.64. The minimum atomic E-state index is -0.245. The second kappa shape index (κ2) is 9.49. The van der Waals surface area contributed by atoms with E-state index in [1.54, 1.807) is 35.2 Å². The third-order valence-electron chi connectivity index (χ3n) is 5.59. The molecule has 0 spiro atoms. The molecule has 0 aromatic heterocycles. The van der Waals surface area contributed by atoms with E-state index >= 15 is 0 Å². The van der Waals surface area contributed by atoms with Crippen LogP contribution in [0, 0.1) is 6.92 Å². The third kappa shape index (κ3) is 4.36. The first kappa shape index (κ1) is 22.0. The molecule has 3 aromatic rings. The number of fused-ring (bicyclic) bond motifs is 1. The predicted molar refractivity (Wildman–Crippen MR) is 128 cm³/mol. The zero-order chi connectivity index (χ0) is 22.7. The zero-order valence-electron chi connectivity index (χ0n) is 17.8. The minimum Gasteiger partial charge on any atom is -0.308 e. The Labute approximate surface area is 195 Å². The molecule has 32 heavy (non-hydrogen) atoms. The maximum absolute atomic E-state index is 13.3. The number of hydrogen-bond donors (Lipinski definition) is 0. The fourth-order valence-corrected chi connectivity index (χ4v) is 4.29. The van der Waals surface area contributed by atoms with Crippen molar-refractivity contribution in [1.82, 2.24) is 4.90 Å². The lowest BCUT2D eigenvalue weighted by molar-refractivity contribution is 0.0651. The lowest BCUT2D eigenvalue weighted by Gasteiger charge is -2.24. The summed E-state index contributed by atoms with van der Waals surface area (Å²) in [6, 6.07) is 22.1. The summed E-state index contributed by atoms with van der Waals surface area (Å²) in [7, 11) is 0. The molecule has 0 N–H and O–H groups in total. The van der Waals surface area contributed by atoms with E-state index in [2.05, 4.69) is 15.9 Å². The van der Waals surface area contributed by atoms with Crippen LogP contribution in [0.4, 0.5) is 5.69 Å². The molecule has 1 heterocycles. The summed E-state index contributed by atoms with van der Waals surface area (Å²) in [5, 5.41) is 0. The van der Waals surface area contributed by atoms with E-state index in [0.29, 0.717) is 42.6 Å². The molecule has 0 saturated carbocycles. The van der Waals surface area contributed by atoms with Crippen molar-refractivity contribution in [2.75, 3.05) is 18.0 Å². The maximum atomic E-state index is 13.3. The molecule has 0 unspecified atom stereocenters. The number of rotatable bonds is 7. The summed E-state index contributed by atoms with van der Waals surface area (Å²) in [6.07, 6.45) is 1.26. The summed E-state index contributed by atoms with van der Waals surface area (Å²) in [5.41, 5.74) is 3.45. The van der Waals surface area contributed by atoms with Gasteiger partial charge in [0.25, 0.3) is 17.7 Å². The van der Waals surface area contributed by atoms with Crippen LogP contribution in [0.15, 0.2) is 77.3 Å². The first-order valence-corrected chi connectivity index (χ1v) is 11.3. The monoisotopic (exact) mass is 490 g/mol. The summed E-state index contributed by atoms with van der Waals surface area (Å²) < 4.78 is 0.744. The van der Waals surface area contributed by atoms with Crippen molar-refractivity contribution < 1.29 is 14.4 Å². The van der Waals surface area contributed by atoms with Crippen molar-refractivity contribution in [2.45, 2.75) is 19.8 Å². The van der Waals surface area contributed by atoms with Gasteiger partial charge in [-0.25, -0.2) is 0 Å². The van der Waals surface area contributed by atoms with Crippen LogP contribution < -0.4 is 4.90 Å². The summed E-state index contributed by atoms with van der Waals surface area (Å²) in [5.74, 6) is -0.586. The number of benzene rings is 3. The molecule has 1 aliphatic rings. The molecule has 1 aliphatic heterocycles. The van der Waals surface area contributed by atoms with Gasteiger partial charge in [-0.15, -0.1) is 0 Å². The standard InChI is InChI=1S/C26H23BrN2O3/c1-18-12-14-19(15-13-18)28(26(32)22-10-4-5-11-23(22)27)16-6-7-17-29-24(30)20-8-2-3-9-21(20)25(29)31/h2-5,8-15H,6-7,16-17H2,1H3. The molecule has 3 aromatic carbocycles. The molecule has 0 saturated heterocycles. The van der Waals surface area contributed by atoms with Gasteiger partial charge in [0.1, 0.15) is 0 Å². The fraction of sp³-hybridized carbons (Fsp3) is 0.192. The van der Waals surface area contributed by atoms with Crippen molar-refractivity contribution in [3.63, 3.8) is 0 Å². The molecule has 0 radical (unpaired) electrons. The van der Waals surface area contributed by atoms with Crippen molar-refractivity contribution in [3.8, 4) is 0 Å². The van der Waals surface area contributed by atoms with Crippen LogP contribution in [-0.4, -0.2) is 35.7 Å². The molecule has 0 fully saturated rings. The molecule has 0 aliphatic carbocycles. The fourth-order valence-electron chi connectivity index (χ4n) is 3.83. The molecule has 3 amide bonds. The van der Waals surface area contributed by atoms with E-state index in [1.807, 2.05) is 49.4 Å². The Morgan fingerprint density at radius 2 is 1.44 bits per heavy atom. The van der Waals surface area contributed by atoms with Crippen LogP contribution >= 0.6 is 15.9 Å². The van der Waals surface area contributed by atoms with E-state index in [1.165, 1.54) is 4.90 Å². The van der Waals surface area contributed by atoms with Gasteiger partial charge < -0.3 is 4.90 Å². The van der Waals surface area contributed by atoms with Crippen molar-refractivity contribution in [3.05, 3.63) is 99.5 Å². The number of nitrogens with zero attached hydrogens (tertiary/aromatic N) is 2. The highest BCUT2D eigenvalue weighted by Gasteiger charge is 2.34. The number of anilines is 1. The Morgan fingerprint density at radius 3 is 2.06 bits per heavy atom. The highest BCUT2D eigenvalue weighted by Crippen LogP contribution is 2.25. The van der Waals surface area contributed by atoms with Crippen LogP contribution in [-0.2, 0) is 0 Å². The Kier molecular flexibility index (Phi) is 6.51. The molecule has 0 bridgehead atoms. The van der Waals surface area contributed by atoms with Crippen molar-refractivity contribution in [2.24, 2.45) is 0 Å². The van der Waals surface area contributed by atoms with Crippen LogP contribution in [0.2, 0.25) is 0 Å². The van der Waals surface area contributed by atoms with Crippen molar-refractivity contribution in [1.29, 1.82) is 0 Å². The molecule has 5 nitrogen and oxygen atoms in total. The van der Waals surface area contributed by atoms with E-state index in [4.69, 9.17) is 0 Å². The highest BCUT2D eigenvalue weighted by atomic mass is 79.9. The number of carbonyl (C=O) groups is 3. The van der Waals surface area contributed by atoms with Gasteiger partial charge in [0, 0.05) is 23.2 Å². The summed E-state index contributed by atoms with van der Waals surface area (Å²) in [6.45, 7) is 2.81. The Hall–Kier alpha value is -3.25. The van der Waals surface area contributed by atoms with Crippen LogP contribution in [0.25, 0.3) is 0 Å². The first-order chi connectivity index (χ1) is 15.5. The van der Waals surface area contributed by atoms with Crippen LogP contribution in [0.3, 0.4) is 0 Å². The van der Waals surface area contributed by atoms with Gasteiger partial charge in [0.05, 0.1) is 16.7 Å². The minimum absolute atomic E-state index is 0.0953. The Balaban J connectivity index is 1.45. The van der Waals surface area contributed by atoms with E-state index in [0.717, 1.165) is 15.7 Å². The number of carbonyl (C=O) groups excluding carboxylic acids is 3. The van der Waals surface area contributed by atoms with E-state index in [9.17, 15) is 14.4 Å². The molecule has 0 atom stereocenters. The third-order valence-corrected chi connectivity index (χ3v) is 6.28. The number of amides is 3. The lowest BCUT2D eigenvalue weighted by atomic mass is 10.1. The van der Waals surface area contributed by atoms with Crippen molar-refractivity contribution >= 4 is 39.3 Å². The highest BCUT2D eigenvalue weighted by molar-refractivity contribution is 9.10. The number of imide groups is 1. The second-order valence-electron chi connectivity index (χ2n) is 7.79. The van der Waals surface area contributed by atoms with Crippen LogP contribution in [0.1, 0.15) is 49.5 Å². The van der Waals surface area contributed by atoms with Gasteiger partial charge in [-0.1, -0.05) is 42.0 Å². The molecule has 162 valence electrons. The van der Waals surface area contributed by atoms with E-state index in [-0.39, 0.29) is 17.7 Å². The SMILES string of the molecule is Cc1ccc(N(CCCCN2C(=O)c3ccccc3C2=O)C(=O)c2ccccc2Br)cc1. The smallest absolute Gasteiger partial charge is 0.261 e. The quantitative estimate of drug-likeness (QED) is 0.325. The number of halogens is 1. The average Bonchev–Trinajstić information content (AvgIpc) is 3.05. The molecule has 6 heteroatoms. The normalized spacial score (nSPS) is 12.8. The van der Waals surface area contributed by atoms with Gasteiger partial charge in [-0.05, 0) is 72.1 Å². The van der Waals surface area contributed by atoms with Gasteiger partial charge >= 0.3 is 0 Å². The maximum Gasteiger partial charge on any atom is 0.261 e. The Bertz CT molecular complexity index is 1140. The number of aryl methyl sites for hydroxylation is 1. The average molecular weight is 491 g/mol. The lowest BCUT2D eigenvalue weighted by Crippen LogP contribution is -2.34. The topological polar surface area (TPSA) is 57.7 Å². The largest absolute Gasteiger partial charge is 0.308 e. The van der Waals surface area contributed by atoms with Gasteiger partial charge in [0.15, 0.2) is 0 Å². The molecule has 4 rings (SSSR count). The predicted octanol–water partition coefficient (Wildman–Crippen LogP) is 5.48. The number of hydrogen-bond acceptors (Lipinski definition) is 3. The summed E-state index contributed by atoms with van der Waals surface area (Å²) in [4.78, 5) is 41.5. The number of unbranched alkanes of at least 4 members (excludes halogenated alkanes) is 1. The summed E-state index contributed by atoms with van der Waals surface area (Å²) >= 11 is 3.47. The molecular weight excluding hydrogens is 468 g/mol. The van der Waals surface area contributed by atoms with Gasteiger partial charge in [0.2, 0.25) is 0 Å². The zero-order valence-corrected chi connectivity index (χ0v) is 19.3.